The van der Waals surface area contributed by atoms with Crippen LogP contribution in [0.15, 0.2) is 12.1 Å². The zero-order valence-electron chi connectivity index (χ0n) is 6.46. The predicted octanol–water partition coefficient (Wildman–Crippen LogP) is 1.25. The first-order valence-electron chi connectivity index (χ1n) is 3.18. The van der Waals surface area contributed by atoms with E-state index < -0.39 is 0 Å². The maximum Gasteiger partial charge on any atom is 0.252 e. The number of carbonyl (C=O) groups excluding carboxylic acids is 1. The first kappa shape index (κ1) is 12.6. The maximum absolute atomic E-state index is 10.8. The molecule has 0 bridgehead atoms. The summed E-state index contributed by atoms with van der Waals surface area (Å²) in [6.07, 6.45) is 0. The average molecular weight is 245 g/mol. The molecule has 0 aromatic carbocycles. The van der Waals surface area contributed by atoms with Crippen LogP contribution in [0.3, 0.4) is 0 Å². The fourth-order valence-corrected chi connectivity index (χ4v) is 1.10. The Balaban J connectivity index is 0.00000144. The molecule has 0 aliphatic rings. The summed E-state index contributed by atoms with van der Waals surface area (Å²) < 4.78 is 1.25. The Morgan fingerprint density at radius 1 is 1.46 bits per heavy atom. The van der Waals surface area contributed by atoms with Crippen molar-refractivity contribution in [2.24, 2.45) is 5.73 Å². The van der Waals surface area contributed by atoms with Crippen molar-refractivity contribution in [2.75, 3.05) is 12.0 Å². The van der Waals surface area contributed by atoms with E-state index in [1.165, 1.54) is 4.68 Å². The summed E-state index contributed by atoms with van der Waals surface area (Å²) in [5.41, 5.74) is 7.47. The van der Waals surface area contributed by atoms with Crippen molar-refractivity contribution in [1.82, 2.24) is 4.68 Å². The van der Waals surface area contributed by atoms with Crippen LogP contribution < -0.4 is 11.2 Å². The van der Waals surface area contributed by atoms with E-state index in [4.69, 9.17) is 28.9 Å². The van der Waals surface area contributed by atoms with Gasteiger partial charge in [-0.25, -0.2) is 4.68 Å². The minimum Gasteiger partial charge on any atom is -0.322 e. The van der Waals surface area contributed by atoms with E-state index in [9.17, 15) is 4.79 Å². The van der Waals surface area contributed by atoms with Crippen LogP contribution in [0.2, 0.25) is 10.3 Å². The Hall–Kier alpha value is -0.420. The number of rotatable bonds is 2. The zero-order valence-corrected chi connectivity index (χ0v) is 8.79. The molecule has 1 heterocycles. The number of carbonyl (C=O) groups is 1. The third-order valence-corrected chi connectivity index (χ3v) is 1.80. The monoisotopic (exact) mass is 243 g/mol. The number of hydrogen-bond acceptors (Lipinski definition) is 2. The Morgan fingerprint density at radius 3 is 2.31 bits per heavy atom. The van der Waals surface area contributed by atoms with Crippen LogP contribution in [0.4, 0.5) is 0 Å². The Morgan fingerprint density at radius 2 is 1.92 bits per heavy atom. The van der Waals surface area contributed by atoms with Crippen LogP contribution in [-0.4, -0.2) is 17.1 Å². The highest BCUT2D eigenvalue weighted by Gasteiger charge is 2.05. The summed E-state index contributed by atoms with van der Waals surface area (Å²) in [6, 6.07) is 3.14. The van der Waals surface area contributed by atoms with Gasteiger partial charge >= 0.3 is 0 Å². The van der Waals surface area contributed by atoms with E-state index >= 15 is 0 Å². The van der Waals surface area contributed by atoms with Gasteiger partial charge in [-0.1, -0.05) is 23.2 Å². The van der Waals surface area contributed by atoms with Gasteiger partial charge in [-0.05, 0) is 12.1 Å². The predicted molar refractivity (Wildman–Crippen MR) is 55.1 cm³/mol. The lowest BCUT2D eigenvalue weighted by molar-refractivity contribution is -0.115. The third kappa shape index (κ3) is 3.08. The molecule has 1 rings (SSSR count). The molecule has 0 aliphatic heterocycles. The van der Waals surface area contributed by atoms with Gasteiger partial charge in [0.25, 0.3) is 5.91 Å². The van der Waals surface area contributed by atoms with Gasteiger partial charge in [-0.3, -0.25) is 10.2 Å². The highest BCUT2D eigenvalue weighted by atomic mass is 35.5. The molecule has 1 aromatic heterocycles. The highest BCUT2D eigenvalue weighted by Crippen LogP contribution is 2.16. The number of hydrogen-bond donors (Lipinski definition) is 2. The molecule has 0 radical (unpaired) electrons. The van der Waals surface area contributed by atoms with Gasteiger partial charge in [0, 0.05) is 0 Å². The van der Waals surface area contributed by atoms with Gasteiger partial charge < -0.3 is 5.73 Å². The minimum absolute atomic E-state index is 0. The van der Waals surface area contributed by atoms with E-state index in [1.54, 1.807) is 12.1 Å². The van der Waals surface area contributed by atoms with Crippen LogP contribution in [0.25, 0.3) is 0 Å². The minimum atomic E-state index is -0.352. The standard InChI is InChI=1S/C6H7Cl2N3O.ClH/c7-4-1-2-5(8)11(4)10-6(12)3-9;/h1-2H,3,9H2,(H,10,12);1H. The van der Waals surface area contributed by atoms with Gasteiger partial charge in [0.15, 0.2) is 0 Å². The van der Waals surface area contributed by atoms with E-state index in [1.807, 2.05) is 0 Å². The largest absolute Gasteiger partial charge is 0.322 e. The molecule has 0 aliphatic carbocycles. The number of halogens is 3. The number of nitrogens with one attached hydrogen (secondary N) is 1. The summed E-state index contributed by atoms with van der Waals surface area (Å²) in [4.78, 5) is 10.8. The second-order valence-corrected chi connectivity index (χ2v) is 2.83. The molecule has 13 heavy (non-hydrogen) atoms. The van der Waals surface area contributed by atoms with Crippen LogP contribution in [0.1, 0.15) is 0 Å². The van der Waals surface area contributed by atoms with Crippen molar-refractivity contribution in [3.8, 4) is 0 Å². The highest BCUT2D eigenvalue weighted by molar-refractivity contribution is 6.33. The quantitative estimate of drug-likeness (QED) is 0.822. The molecule has 0 saturated carbocycles. The summed E-state index contributed by atoms with van der Waals surface area (Å²) in [5.74, 6) is -0.352. The number of nitrogens with zero attached hydrogens (tertiary/aromatic N) is 1. The van der Waals surface area contributed by atoms with Gasteiger partial charge in [-0.15, -0.1) is 12.4 Å². The lowest BCUT2D eigenvalue weighted by Crippen LogP contribution is -2.29. The molecule has 0 fully saturated rings. The van der Waals surface area contributed by atoms with Gasteiger partial charge in [-0.2, -0.15) is 0 Å². The molecule has 74 valence electrons. The number of nitrogens with two attached hydrogens (primary N) is 1. The Labute approximate surface area is 91.4 Å². The molecule has 1 amide bonds. The lowest BCUT2D eigenvalue weighted by Gasteiger charge is -2.06. The van der Waals surface area contributed by atoms with Crippen molar-refractivity contribution in [3.63, 3.8) is 0 Å². The first-order chi connectivity index (χ1) is 5.65. The summed E-state index contributed by atoms with van der Waals surface area (Å²) in [7, 11) is 0. The molecular weight excluding hydrogens is 236 g/mol. The molecule has 0 spiro atoms. The summed E-state index contributed by atoms with van der Waals surface area (Å²) in [6.45, 7) is -0.106. The van der Waals surface area contributed by atoms with Crippen molar-refractivity contribution in [1.29, 1.82) is 0 Å². The number of aromatic nitrogens is 1. The molecule has 0 atom stereocenters. The maximum atomic E-state index is 10.8. The summed E-state index contributed by atoms with van der Waals surface area (Å²) in [5, 5.41) is 0.670. The van der Waals surface area contributed by atoms with E-state index in [2.05, 4.69) is 5.43 Å². The van der Waals surface area contributed by atoms with Gasteiger partial charge in [0.1, 0.15) is 10.3 Å². The fraction of sp³-hybridized carbons (Fsp3) is 0.167. The van der Waals surface area contributed by atoms with Crippen molar-refractivity contribution < 1.29 is 4.79 Å². The van der Waals surface area contributed by atoms with Crippen LogP contribution in [-0.2, 0) is 4.79 Å². The van der Waals surface area contributed by atoms with Crippen molar-refractivity contribution >= 4 is 41.5 Å². The van der Waals surface area contributed by atoms with Crippen LogP contribution >= 0.6 is 35.6 Å². The topological polar surface area (TPSA) is 60.1 Å². The van der Waals surface area contributed by atoms with Crippen molar-refractivity contribution in [2.45, 2.75) is 0 Å². The molecule has 1 aromatic rings. The first-order valence-corrected chi connectivity index (χ1v) is 3.93. The Kier molecular flexibility index (Phi) is 5.17. The van der Waals surface area contributed by atoms with E-state index in [0.717, 1.165) is 0 Å². The van der Waals surface area contributed by atoms with E-state index in [0.29, 0.717) is 10.3 Å². The Bertz CT molecular complexity index is 280. The SMILES string of the molecule is Cl.NCC(=O)Nn1c(Cl)ccc1Cl. The molecule has 7 heteroatoms. The van der Waals surface area contributed by atoms with Crippen molar-refractivity contribution in [3.05, 3.63) is 22.4 Å². The second kappa shape index (κ2) is 5.34. The molecular formula is C6H8Cl3N3O. The second-order valence-electron chi connectivity index (χ2n) is 2.05. The average Bonchev–Trinajstić information content (AvgIpc) is 2.35. The molecule has 0 saturated heterocycles. The normalized spacial score (nSPS) is 9.15. The fourth-order valence-electron chi connectivity index (χ4n) is 0.666. The van der Waals surface area contributed by atoms with Crippen LogP contribution in [0.5, 0.6) is 0 Å². The van der Waals surface area contributed by atoms with Gasteiger partial charge in [0.05, 0.1) is 6.54 Å². The number of amides is 1. The van der Waals surface area contributed by atoms with Gasteiger partial charge in [0.2, 0.25) is 0 Å². The van der Waals surface area contributed by atoms with E-state index in [-0.39, 0.29) is 24.9 Å². The molecule has 0 unspecified atom stereocenters. The third-order valence-electron chi connectivity index (χ3n) is 1.21. The zero-order chi connectivity index (χ0) is 9.14. The van der Waals surface area contributed by atoms with Crippen LogP contribution in [0, 0.1) is 0 Å². The molecule has 3 N–H and O–H groups in total. The molecule has 4 nitrogen and oxygen atoms in total. The lowest BCUT2D eigenvalue weighted by atomic mass is 10.6. The smallest absolute Gasteiger partial charge is 0.252 e. The summed E-state index contributed by atoms with van der Waals surface area (Å²) >= 11 is 11.3.